The summed E-state index contributed by atoms with van der Waals surface area (Å²) in [5, 5.41) is 3.13. The van der Waals surface area contributed by atoms with Crippen LogP contribution in [0.15, 0.2) is 18.2 Å². The third-order valence-electron chi connectivity index (χ3n) is 4.82. The standard InChI is InChI=1S/C18H25NO4/c1-2-3-4-17(20)19-12-18(7-9-21-10-8-18)14-5-6-15-16(11-14)23-13-22-15/h5-6,11H,2-4,7-10,12-13H2,1H3,(H,19,20). The summed E-state index contributed by atoms with van der Waals surface area (Å²) in [5.74, 6) is 1.73. The Morgan fingerprint density at radius 1 is 1.22 bits per heavy atom. The predicted molar refractivity (Wildman–Crippen MR) is 86.8 cm³/mol. The van der Waals surface area contributed by atoms with Crippen LogP contribution in [0.2, 0.25) is 0 Å². The van der Waals surface area contributed by atoms with E-state index in [-0.39, 0.29) is 18.1 Å². The highest BCUT2D eigenvalue weighted by Crippen LogP contribution is 2.40. The highest BCUT2D eigenvalue weighted by molar-refractivity contribution is 5.76. The minimum absolute atomic E-state index is 0.0822. The van der Waals surface area contributed by atoms with Crippen LogP contribution >= 0.6 is 0 Å². The van der Waals surface area contributed by atoms with E-state index in [9.17, 15) is 4.79 Å². The van der Waals surface area contributed by atoms with Gasteiger partial charge >= 0.3 is 0 Å². The van der Waals surface area contributed by atoms with E-state index in [0.29, 0.717) is 13.0 Å². The number of rotatable bonds is 6. The summed E-state index contributed by atoms with van der Waals surface area (Å²) in [6, 6.07) is 6.12. The fourth-order valence-electron chi connectivity index (χ4n) is 3.25. The van der Waals surface area contributed by atoms with Crippen molar-refractivity contribution in [2.45, 2.75) is 44.4 Å². The molecule has 3 rings (SSSR count). The lowest BCUT2D eigenvalue weighted by Gasteiger charge is -2.38. The van der Waals surface area contributed by atoms with Gasteiger partial charge in [-0.3, -0.25) is 4.79 Å². The first-order valence-corrected chi connectivity index (χ1v) is 8.48. The summed E-state index contributed by atoms with van der Waals surface area (Å²) >= 11 is 0. The molecular weight excluding hydrogens is 294 g/mol. The molecule has 0 bridgehead atoms. The molecule has 0 aromatic heterocycles. The third kappa shape index (κ3) is 3.61. The maximum atomic E-state index is 12.0. The van der Waals surface area contributed by atoms with Gasteiger partial charge in [0, 0.05) is 31.6 Å². The van der Waals surface area contributed by atoms with Gasteiger partial charge in [0.15, 0.2) is 11.5 Å². The maximum absolute atomic E-state index is 12.0. The fourth-order valence-corrected chi connectivity index (χ4v) is 3.25. The molecule has 1 fully saturated rings. The zero-order valence-corrected chi connectivity index (χ0v) is 13.7. The molecule has 5 nitrogen and oxygen atoms in total. The van der Waals surface area contributed by atoms with Gasteiger partial charge in [-0.05, 0) is 37.0 Å². The van der Waals surface area contributed by atoms with E-state index in [1.165, 1.54) is 5.56 Å². The van der Waals surface area contributed by atoms with Gasteiger partial charge < -0.3 is 19.5 Å². The van der Waals surface area contributed by atoms with E-state index in [0.717, 1.165) is 50.4 Å². The van der Waals surface area contributed by atoms with Crippen LogP contribution in [-0.2, 0) is 14.9 Å². The van der Waals surface area contributed by atoms with Crippen LogP contribution in [0.3, 0.4) is 0 Å². The number of amides is 1. The smallest absolute Gasteiger partial charge is 0.231 e. The van der Waals surface area contributed by atoms with Crippen LogP contribution in [0.5, 0.6) is 11.5 Å². The van der Waals surface area contributed by atoms with Crippen molar-refractivity contribution in [3.63, 3.8) is 0 Å². The molecule has 23 heavy (non-hydrogen) atoms. The Morgan fingerprint density at radius 2 is 2.00 bits per heavy atom. The lowest BCUT2D eigenvalue weighted by Crippen LogP contribution is -2.44. The molecule has 0 spiro atoms. The molecule has 5 heteroatoms. The largest absolute Gasteiger partial charge is 0.454 e. The summed E-state index contributed by atoms with van der Waals surface area (Å²) in [6.07, 6.45) is 4.38. The zero-order chi connectivity index (χ0) is 16.1. The summed E-state index contributed by atoms with van der Waals surface area (Å²) < 4.78 is 16.5. The fraction of sp³-hybridized carbons (Fsp3) is 0.611. The summed E-state index contributed by atoms with van der Waals surface area (Å²) in [4.78, 5) is 12.0. The zero-order valence-electron chi connectivity index (χ0n) is 13.7. The van der Waals surface area contributed by atoms with Crippen molar-refractivity contribution in [1.29, 1.82) is 0 Å². The van der Waals surface area contributed by atoms with Crippen LogP contribution in [0.4, 0.5) is 0 Å². The Labute approximate surface area is 137 Å². The summed E-state index contributed by atoms with van der Waals surface area (Å²) in [7, 11) is 0. The van der Waals surface area contributed by atoms with Crippen molar-refractivity contribution in [3.8, 4) is 11.5 Å². The Kier molecular flexibility index (Phi) is 5.06. The molecule has 2 aliphatic rings. The van der Waals surface area contributed by atoms with Gasteiger partial charge in [-0.1, -0.05) is 19.4 Å². The van der Waals surface area contributed by atoms with Gasteiger partial charge in [0.2, 0.25) is 12.7 Å². The maximum Gasteiger partial charge on any atom is 0.231 e. The predicted octanol–water partition coefficient (Wildman–Crippen LogP) is 2.77. The second-order valence-corrected chi connectivity index (χ2v) is 6.34. The number of fused-ring (bicyclic) bond motifs is 1. The number of nitrogens with one attached hydrogen (secondary N) is 1. The van der Waals surface area contributed by atoms with Crippen LogP contribution in [-0.4, -0.2) is 32.5 Å². The van der Waals surface area contributed by atoms with E-state index in [2.05, 4.69) is 24.4 Å². The molecule has 0 atom stereocenters. The normalized spacial score (nSPS) is 18.7. The van der Waals surface area contributed by atoms with Crippen LogP contribution < -0.4 is 14.8 Å². The molecule has 1 saturated heterocycles. The minimum Gasteiger partial charge on any atom is -0.454 e. The SMILES string of the molecule is CCCCC(=O)NCC1(c2ccc3c(c2)OCO3)CCOCC1. The Bertz CT molecular complexity index is 552. The van der Waals surface area contributed by atoms with E-state index in [4.69, 9.17) is 14.2 Å². The highest BCUT2D eigenvalue weighted by Gasteiger charge is 2.36. The van der Waals surface area contributed by atoms with Gasteiger partial charge in [0.05, 0.1) is 0 Å². The average molecular weight is 319 g/mol. The molecule has 2 heterocycles. The molecule has 0 radical (unpaired) electrons. The monoisotopic (exact) mass is 319 g/mol. The van der Waals surface area contributed by atoms with Crippen LogP contribution in [0, 0.1) is 0 Å². The number of ether oxygens (including phenoxy) is 3. The summed E-state index contributed by atoms with van der Waals surface area (Å²) in [6.45, 7) is 4.47. The molecule has 0 aliphatic carbocycles. The van der Waals surface area contributed by atoms with E-state index in [1.807, 2.05) is 6.07 Å². The van der Waals surface area contributed by atoms with Crippen molar-refractivity contribution < 1.29 is 19.0 Å². The Morgan fingerprint density at radius 3 is 2.78 bits per heavy atom. The van der Waals surface area contributed by atoms with Crippen molar-refractivity contribution in [2.75, 3.05) is 26.6 Å². The molecular formula is C18H25NO4. The number of benzene rings is 1. The minimum atomic E-state index is -0.0822. The molecule has 0 unspecified atom stereocenters. The van der Waals surface area contributed by atoms with Crippen LogP contribution in [0.25, 0.3) is 0 Å². The van der Waals surface area contributed by atoms with Crippen molar-refractivity contribution >= 4 is 5.91 Å². The lowest BCUT2D eigenvalue weighted by atomic mass is 9.74. The van der Waals surface area contributed by atoms with Crippen molar-refractivity contribution in [1.82, 2.24) is 5.32 Å². The first kappa shape index (κ1) is 16.1. The average Bonchev–Trinajstić information content (AvgIpc) is 3.06. The Hall–Kier alpha value is -1.75. The first-order valence-electron chi connectivity index (χ1n) is 8.48. The topological polar surface area (TPSA) is 56.8 Å². The van der Waals surface area contributed by atoms with E-state index in [1.54, 1.807) is 0 Å². The van der Waals surface area contributed by atoms with Gasteiger partial charge in [-0.25, -0.2) is 0 Å². The quantitative estimate of drug-likeness (QED) is 0.876. The van der Waals surface area contributed by atoms with Gasteiger partial charge in [-0.15, -0.1) is 0 Å². The second-order valence-electron chi connectivity index (χ2n) is 6.34. The highest BCUT2D eigenvalue weighted by atomic mass is 16.7. The number of carbonyl (C=O) groups excluding carboxylic acids is 1. The molecule has 1 amide bonds. The second kappa shape index (κ2) is 7.21. The number of hydrogen-bond donors (Lipinski definition) is 1. The first-order chi connectivity index (χ1) is 11.2. The summed E-state index contributed by atoms with van der Waals surface area (Å²) in [5.41, 5.74) is 1.11. The molecule has 1 aromatic carbocycles. The Balaban J connectivity index is 1.75. The molecule has 1 aromatic rings. The molecule has 0 saturated carbocycles. The number of carbonyl (C=O) groups is 1. The van der Waals surface area contributed by atoms with E-state index >= 15 is 0 Å². The number of unbranched alkanes of at least 4 members (excludes halogenated alkanes) is 1. The molecule has 2 aliphatic heterocycles. The lowest BCUT2D eigenvalue weighted by molar-refractivity contribution is -0.121. The van der Waals surface area contributed by atoms with Gasteiger partial charge in [0.25, 0.3) is 0 Å². The molecule has 1 N–H and O–H groups in total. The third-order valence-corrected chi connectivity index (χ3v) is 4.82. The molecule has 126 valence electrons. The number of hydrogen-bond acceptors (Lipinski definition) is 4. The van der Waals surface area contributed by atoms with Crippen LogP contribution in [0.1, 0.15) is 44.6 Å². The van der Waals surface area contributed by atoms with Crippen molar-refractivity contribution in [3.05, 3.63) is 23.8 Å². The van der Waals surface area contributed by atoms with Gasteiger partial charge in [-0.2, -0.15) is 0 Å². The van der Waals surface area contributed by atoms with E-state index < -0.39 is 0 Å². The van der Waals surface area contributed by atoms with Crippen molar-refractivity contribution in [2.24, 2.45) is 0 Å². The van der Waals surface area contributed by atoms with Gasteiger partial charge in [0.1, 0.15) is 0 Å².